The van der Waals surface area contributed by atoms with Crippen LogP contribution in [0.3, 0.4) is 0 Å². The number of thiazole rings is 1. The van der Waals surface area contributed by atoms with Crippen LogP contribution in [0.1, 0.15) is 12.5 Å². The van der Waals surface area contributed by atoms with Gasteiger partial charge in [0.2, 0.25) is 4.80 Å². The van der Waals surface area contributed by atoms with Gasteiger partial charge in [-0.15, -0.1) is 11.3 Å². The molecule has 8 nitrogen and oxygen atoms in total. The summed E-state index contributed by atoms with van der Waals surface area (Å²) in [5.41, 5.74) is 3.03. The number of ether oxygens (including phenoxy) is 2. The second-order valence-corrected chi connectivity index (χ2v) is 7.25. The molecule has 1 aromatic heterocycles. The maximum absolute atomic E-state index is 11.7. The second kappa shape index (κ2) is 8.42. The van der Waals surface area contributed by atoms with Gasteiger partial charge >= 0.3 is 0 Å². The number of nitrogens with one attached hydrogen (secondary N) is 1. The number of aromatic nitrogens is 1. The summed E-state index contributed by atoms with van der Waals surface area (Å²) < 4.78 is 12.3. The normalized spacial score (nSPS) is 13.8. The number of nitrogens with zero attached hydrogens (tertiary/aromatic N) is 3. The number of amides is 1. The highest BCUT2D eigenvalue weighted by Gasteiger charge is 2.17. The Morgan fingerprint density at radius 2 is 2.20 bits per heavy atom. The first kappa shape index (κ1) is 19.7. The van der Waals surface area contributed by atoms with Crippen LogP contribution in [-0.2, 0) is 4.79 Å². The topological polar surface area (TPSA) is 97.4 Å². The van der Waals surface area contributed by atoms with E-state index in [1.54, 1.807) is 29.1 Å². The molecule has 0 bridgehead atoms. The van der Waals surface area contributed by atoms with E-state index in [0.717, 1.165) is 16.1 Å². The molecule has 0 atom stereocenters. The number of hydrogen-bond acceptors (Lipinski definition) is 7. The first-order chi connectivity index (χ1) is 14.6. The Morgan fingerprint density at radius 3 is 2.97 bits per heavy atom. The average molecular weight is 424 g/mol. The van der Waals surface area contributed by atoms with E-state index in [1.807, 2.05) is 30.5 Å². The summed E-state index contributed by atoms with van der Waals surface area (Å²) in [7, 11) is 1.50. The Labute approximate surface area is 176 Å². The maximum Gasteiger partial charge on any atom is 0.262 e. The van der Waals surface area contributed by atoms with Crippen molar-refractivity contribution >= 4 is 29.1 Å². The molecule has 0 radical (unpaired) electrons. The quantitative estimate of drug-likeness (QED) is 0.615. The highest BCUT2D eigenvalue weighted by molar-refractivity contribution is 7.07. The number of aromatic hydroxyl groups is 1. The van der Waals surface area contributed by atoms with E-state index in [9.17, 15) is 9.90 Å². The Morgan fingerprint density at radius 1 is 1.33 bits per heavy atom. The minimum absolute atomic E-state index is 0.0172. The van der Waals surface area contributed by atoms with Gasteiger partial charge < -0.3 is 19.9 Å². The zero-order valence-corrected chi connectivity index (χ0v) is 17.3. The zero-order chi connectivity index (χ0) is 21.1. The number of carbonyl (C=O) groups is 1. The van der Waals surface area contributed by atoms with Crippen molar-refractivity contribution in [2.45, 2.75) is 6.92 Å². The van der Waals surface area contributed by atoms with Crippen molar-refractivity contribution in [3.63, 3.8) is 0 Å². The lowest BCUT2D eigenvalue weighted by atomic mass is 10.1. The van der Waals surface area contributed by atoms with Gasteiger partial charge in [-0.25, -0.2) is 4.68 Å². The SMILES string of the molecule is CCN=c1scc(-c2ccc3c(c2)NC(=O)CO3)n1N=Cc1ccc(OC)c(O)c1. The Balaban J connectivity index is 1.74. The predicted octanol–water partition coefficient (Wildman–Crippen LogP) is 3.06. The number of methoxy groups -OCH3 is 1. The molecule has 1 amide bonds. The molecule has 1 aliphatic rings. The van der Waals surface area contributed by atoms with Crippen molar-refractivity contribution in [1.29, 1.82) is 0 Å². The van der Waals surface area contributed by atoms with Crippen LogP contribution in [0.4, 0.5) is 5.69 Å². The molecule has 2 heterocycles. The van der Waals surface area contributed by atoms with Crippen molar-refractivity contribution in [2.24, 2.45) is 10.1 Å². The smallest absolute Gasteiger partial charge is 0.262 e. The van der Waals surface area contributed by atoms with Crippen LogP contribution in [0.5, 0.6) is 17.2 Å². The molecule has 0 aliphatic carbocycles. The number of hydrogen-bond donors (Lipinski definition) is 2. The number of fused-ring (bicyclic) bond motifs is 1. The van der Waals surface area contributed by atoms with Crippen LogP contribution in [0.15, 0.2) is 51.9 Å². The van der Waals surface area contributed by atoms with Crippen LogP contribution in [-0.4, -0.2) is 42.2 Å². The molecular weight excluding hydrogens is 404 g/mol. The van der Waals surface area contributed by atoms with Crippen LogP contribution < -0.4 is 19.6 Å². The van der Waals surface area contributed by atoms with E-state index < -0.39 is 0 Å². The number of carbonyl (C=O) groups excluding carboxylic acids is 1. The van der Waals surface area contributed by atoms with Crippen molar-refractivity contribution in [1.82, 2.24) is 4.68 Å². The van der Waals surface area contributed by atoms with Gasteiger partial charge in [0, 0.05) is 17.5 Å². The van der Waals surface area contributed by atoms with E-state index in [-0.39, 0.29) is 18.3 Å². The third-order valence-corrected chi connectivity index (χ3v) is 5.27. The van der Waals surface area contributed by atoms with E-state index >= 15 is 0 Å². The summed E-state index contributed by atoms with van der Waals surface area (Å²) in [6, 6.07) is 10.7. The minimum Gasteiger partial charge on any atom is -0.504 e. The summed E-state index contributed by atoms with van der Waals surface area (Å²) >= 11 is 1.47. The Hall–Kier alpha value is -3.59. The molecule has 0 saturated heterocycles. The van der Waals surface area contributed by atoms with E-state index in [4.69, 9.17) is 9.47 Å². The number of benzene rings is 2. The highest BCUT2D eigenvalue weighted by atomic mass is 32.1. The Bertz CT molecular complexity index is 1200. The molecule has 0 spiro atoms. The standard InChI is InChI=1S/C21H20N4O4S/c1-3-22-21-25(23-10-13-4-6-19(28-2)17(26)8-13)16(12-30-21)14-5-7-18-15(9-14)24-20(27)11-29-18/h4-10,12,26H,3,11H2,1-2H3,(H,24,27). The number of phenols is 1. The second-order valence-electron chi connectivity index (χ2n) is 6.41. The molecular formula is C21H20N4O4S. The largest absolute Gasteiger partial charge is 0.504 e. The molecule has 0 fully saturated rings. The summed E-state index contributed by atoms with van der Waals surface area (Å²) in [5, 5.41) is 19.4. The number of phenolic OH excluding ortho intramolecular Hbond substituents is 1. The third-order valence-electron chi connectivity index (χ3n) is 4.41. The fraction of sp³-hybridized carbons (Fsp3) is 0.190. The maximum atomic E-state index is 11.7. The molecule has 9 heteroatoms. The van der Waals surface area contributed by atoms with E-state index in [1.165, 1.54) is 18.4 Å². The lowest BCUT2D eigenvalue weighted by molar-refractivity contribution is -0.118. The minimum atomic E-state index is -0.183. The van der Waals surface area contributed by atoms with E-state index in [2.05, 4.69) is 15.4 Å². The highest BCUT2D eigenvalue weighted by Crippen LogP contribution is 2.33. The van der Waals surface area contributed by atoms with Crippen molar-refractivity contribution < 1.29 is 19.4 Å². The van der Waals surface area contributed by atoms with Gasteiger partial charge in [-0.1, -0.05) is 0 Å². The monoisotopic (exact) mass is 424 g/mol. The van der Waals surface area contributed by atoms with E-state index in [0.29, 0.717) is 29.3 Å². The summed E-state index contributed by atoms with van der Waals surface area (Å²) in [5.74, 6) is 0.893. The molecule has 0 unspecified atom stereocenters. The van der Waals surface area contributed by atoms with Crippen molar-refractivity contribution in [3.8, 4) is 28.5 Å². The van der Waals surface area contributed by atoms with Gasteiger partial charge in [0.1, 0.15) is 5.75 Å². The molecule has 4 rings (SSSR count). The number of rotatable bonds is 5. The van der Waals surface area contributed by atoms with Gasteiger partial charge in [0.15, 0.2) is 18.1 Å². The van der Waals surface area contributed by atoms with Gasteiger partial charge in [-0.05, 0) is 48.9 Å². The van der Waals surface area contributed by atoms with Crippen LogP contribution >= 0.6 is 11.3 Å². The molecule has 2 aromatic carbocycles. The molecule has 3 aromatic rings. The van der Waals surface area contributed by atoms with Crippen LogP contribution in [0, 0.1) is 0 Å². The Kier molecular flexibility index (Phi) is 5.53. The predicted molar refractivity (Wildman–Crippen MR) is 116 cm³/mol. The number of anilines is 1. The lowest BCUT2D eigenvalue weighted by Gasteiger charge is -2.18. The van der Waals surface area contributed by atoms with Crippen molar-refractivity contribution in [2.75, 3.05) is 25.6 Å². The van der Waals surface area contributed by atoms with Crippen LogP contribution in [0.2, 0.25) is 0 Å². The van der Waals surface area contributed by atoms with Gasteiger partial charge in [0.25, 0.3) is 5.91 Å². The molecule has 30 heavy (non-hydrogen) atoms. The van der Waals surface area contributed by atoms with Gasteiger partial charge in [-0.3, -0.25) is 9.79 Å². The zero-order valence-electron chi connectivity index (χ0n) is 16.5. The first-order valence-electron chi connectivity index (χ1n) is 9.28. The molecule has 1 aliphatic heterocycles. The average Bonchev–Trinajstić information content (AvgIpc) is 3.14. The molecule has 2 N–H and O–H groups in total. The summed E-state index contributed by atoms with van der Waals surface area (Å²) in [4.78, 5) is 16.9. The summed E-state index contributed by atoms with van der Waals surface area (Å²) in [6.45, 7) is 2.59. The fourth-order valence-electron chi connectivity index (χ4n) is 3.01. The first-order valence-corrected chi connectivity index (χ1v) is 10.2. The lowest BCUT2D eigenvalue weighted by Crippen LogP contribution is -2.25. The fourth-order valence-corrected chi connectivity index (χ4v) is 3.91. The molecule has 154 valence electrons. The van der Waals surface area contributed by atoms with Crippen LogP contribution in [0.25, 0.3) is 11.3 Å². The third kappa shape index (κ3) is 3.92. The summed E-state index contributed by atoms with van der Waals surface area (Å²) in [6.07, 6.45) is 1.65. The molecule has 0 saturated carbocycles. The van der Waals surface area contributed by atoms with Gasteiger partial charge in [0.05, 0.1) is 24.7 Å². The van der Waals surface area contributed by atoms with Crippen molar-refractivity contribution in [3.05, 3.63) is 52.1 Å². The van der Waals surface area contributed by atoms with Gasteiger partial charge in [-0.2, -0.15) is 5.10 Å².